The minimum absolute atomic E-state index is 0.671. The molecule has 1 aromatic carbocycles. The average Bonchev–Trinajstić information content (AvgIpc) is 3.32. The van der Waals surface area contributed by atoms with Gasteiger partial charge in [0.2, 0.25) is 5.89 Å². The van der Waals surface area contributed by atoms with Gasteiger partial charge in [0.25, 0.3) is 0 Å². The van der Waals surface area contributed by atoms with Gasteiger partial charge in [0.1, 0.15) is 5.58 Å². The van der Waals surface area contributed by atoms with E-state index in [1.54, 1.807) is 6.20 Å². The maximum Gasteiger partial charge on any atom is 0.226 e. The van der Waals surface area contributed by atoms with E-state index in [4.69, 9.17) is 8.94 Å². The fourth-order valence-corrected chi connectivity index (χ4v) is 3.00. The quantitative estimate of drug-likeness (QED) is 0.549. The van der Waals surface area contributed by atoms with Crippen LogP contribution in [-0.2, 0) is 19.4 Å². The van der Waals surface area contributed by atoms with Crippen molar-refractivity contribution in [1.82, 2.24) is 19.7 Å². The summed E-state index contributed by atoms with van der Waals surface area (Å²) in [5, 5.41) is 5.14. The smallest absolute Gasteiger partial charge is 0.226 e. The van der Waals surface area contributed by atoms with Crippen LogP contribution < -0.4 is 0 Å². The van der Waals surface area contributed by atoms with Crippen molar-refractivity contribution in [3.63, 3.8) is 0 Å². The zero-order chi connectivity index (χ0) is 17.4. The number of nitrogens with zero attached hydrogens (tertiary/aromatic N) is 4. The first-order chi connectivity index (χ1) is 12.2. The molecule has 0 bridgehead atoms. The Balaban J connectivity index is 1.64. The molecular formula is C19H20N4O2. The molecule has 0 spiro atoms. The highest BCUT2D eigenvalue weighted by Gasteiger charge is 2.17. The van der Waals surface area contributed by atoms with Crippen LogP contribution in [0.1, 0.15) is 29.8 Å². The molecule has 0 unspecified atom stereocenters. The summed E-state index contributed by atoms with van der Waals surface area (Å²) in [7, 11) is 0. The summed E-state index contributed by atoms with van der Waals surface area (Å²) < 4.78 is 13.3. The predicted molar refractivity (Wildman–Crippen MR) is 94.3 cm³/mol. The van der Waals surface area contributed by atoms with Crippen molar-refractivity contribution in [3.8, 4) is 11.6 Å². The third-order valence-electron chi connectivity index (χ3n) is 4.40. The Morgan fingerprint density at radius 3 is 2.88 bits per heavy atom. The summed E-state index contributed by atoms with van der Waals surface area (Å²) >= 11 is 0. The number of furan rings is 1. The van der Waals surface area contributed by atoms with E-state index >= 15 is 0 Å². The Morgan fingerprint density at radius 2 is 2.08 bits per heavy atom. The number of hydrogen-bond donors (Lipinski definition) is 0. The number of aromatic nitrogens is 4. The van der Waals surface area contributed by atoms with E-state index < -0.39 is 0 Å². The first kappa shape index (κ1) is 15.6. The summed E-state index contributed by atoms with van der Waals surface area (Å²) in [6.07, 6.45) is 5.18. The van der Waals surface area contributed by atoms with Crippen LogP contribution in [0.2, 0.25) is 0 Å². The molecule has 25 heavy (non-hydrogen) atoms. The third kappa shape index (κ3) is 2.84. The van der Waals surface area contributed by atoms with Crippen molar-refractivity contribution in [2.75, 3.05) is 0 Å². The van der Waals surface area contributed by atoms with Crippen molar-refractivity contribution in [3.05, 3.63) is 53.4 Å². The fourth-order valence-electron chi connectivity index (χ4n) is 3.00. The van der Waals surface area contributed by atoms with Gasteiger partial charge in [-0.1, -0.05) is 23.7 Å². The van der Waals surface area contributed by atoms with Crippen molar-refractivity contribution >= 4 is 11.0 Å². The van der Waals surface area contributed by atoms with Crippen LogP contribution in [0.15, 0.2) is 39.5 Å². The lowest BCUT2D eigenvalue weighted by Gasteiger charge is -2.04. The Hall–Kier alpha value is -2.89. The largest absolute Gasteiger partial charge is 0.453 e. The van der Waals surface area contributed by atoms with Gasteiger partial charge in [-0.2, -0.15) is 4.98 Å². The molecule has 0 N–H and O–H groups in total. The molecule has 4 rings (SSSR count). The molecule has 0 amide bonds. The number of fused-ring (bicyclic) bond motifs is 1. The van der Waals surface area contributed by atoms with E-state index in [2.05, 4.69) is 45.7 Å². The van der Waals surface area contributed by atoms with Gasteiger partial charge in [-0.05, 0) is 26.0 Å². The van der Waals surface area contributed by atoms with Gasteiger partial charge >= 0.3 is 0 Å². The van der Waals surface area contributed by atoms with E-state index in [0.717, 1.165) is 34.5 Å². The lowest BCUT2D eigenvalue weighted by Crippen LogP contribution is -2.04. The monoisotopic (exact) mass is 336 g/mol. The second-order valence-electron chi connectivity index (χ2n) is 6.21. The maximum absolute atomic E-state index is 6.08. The van der Waals surface area contributed by atoms with Gasteiger partial charge < -0.3 is 13.5 Å². The molecule has 0 saturated heterocycles. The minimum Gasteiger partial charge on any atom is -0.453 e. The first-order valence-corrected chi connectivity index (χ1v) is 8.48. The zero-order valence-electron chi connectivity index (χ0n) is 14.6. The number of rotatable bonds is 5. The highest BCUT2D eigenvalue weighted by atomic mass is 16.5. The molecule has 0 aliphatic carbocycles. The lowest BCUT2D eigenvalue weighted by molar-refractivity contribution is 0.375. The molecular weight excluding hydrogens is 316 g/mol. The van der Waals surface area contributed by atoms with Crippen molar-refractivity contribution in [2.24, 2.45) is 0 Å². The Bertz CT molecular complexity index is 1030. The van der Waals surface area contributed by atoms with Crippen LogP contribution in [0.4, 0.5) is 0 Å². The number of aryl methyl sites for hydroxylation is 5. The number of hydrogen-bond acceptors (Lipinski definition) is 5. The Morgan fingerprint density at radius 1 is 1.20 bits per heavy atom. The highest BCUT2D eigenvalue weighted by Crippen LogP contribution is 2.32. The summed E-state index contributed by atoms with van der Waals surface area (Å²) in [6, 6.07) is 6.22. The third-order valence-corrected chi connectivity index (χ3v) is 4.40. The average molecular weight is 336 g/mol. The second kappa shape index (κ2) is 6.20. The van der Waals surface area contributed by atoms with Gasteiger partial charge in [-0.3, -0.25) is 0 Å². The molecule has 3 heterocycles. The minimum atomic E-state index is 0.671. The summed E-state index contributed by atoms with van der Waals surface area (Å²) in [6.45, 7) is 6.87. The van der Waals surface area contributed by atoms with E-state index in [0.29, 0.717) is 24.7 Å². The van der Waals surface area contributed by atoms with Crippen LogP contribution in [-0.4, -0.2) is 19.7 Å². The molecule has 4 aromatic rings. The Labute approximate surface area is 145 Å². The van der Waals surface area contributed by atoms with Gasteiger partial charge in [0.05, 0.1) is 0 Å². The second-order valence-corrected chi connectivity index (χ2v) is 6.21. The van der Waals surface area contributed by atoms with Gasteiger partial charge in [-0.25, -0.2) is 4.98 Å². The van der Waals surface area contributed by atoms with Crippen LogP contribution in [0.25, 0.3) is 22.6 Å². The van der Waals surface area contributed by atoms with Crippen LogP contribution >= 0.6 is 0 Å². The maximum atomic E-state index is 6.08. The van der Waals surface area contributed by atoms with Gasteiger partial charge in [-0.15, -0.1) is 0 Å². The predicted octanol–water partition coefficient (Wildman–Crippen LogP) is 4.10. The van der Waals surface area contributed by atoms with Crippen molar-refractivity contribution < 1.29 is 8.94 Å². The highest BCUT2D eigenvalue weighted by molar-refractivity contribution is 5.87. The summed E-state index contributed by atoms with van der Waals surface area (Å²) in [5.74, 6) is 3.02. The van der Waals surface area contributed by atoms with Gasteiger partial charge in [0, 0.05) is 42.7 Å². The molecule has 6 heteroatoms. The van der Waals surface area contributed by atoms with Crippen LogP contribution in [0.5, 0.6) is 0 Å². The standard InChI is InChI=1S/C19H20N4O2/c1-4-17-21-16(22-25-17)7-9-23-10-8-20-19(23)18-13(3)14-11-12(2)5-6-15(14)24-18/h5-6,8,10-11H,4,7,9H2,1-3H3. The number of benzene rings is 1. The SMILES string of the molecule is CCc1nc(CCn2ccnc2-c2oc3ccc(C)cc3c2C)no1. The number of imidazole rings is 1. The Kier molecular flexibility index (Phi) is 3.87. The molecule has 6 nitrogen and oxygen atoms in total. The van der Waals surface area contributed by atoms with E-state index in [9.17, 15) is 0 Å². The molecule has 3 aromatic heterocycles. The summed E-state index contributed by atoms with van der Waals surface area (Å²) in [5.41, 5.74) is 3.22. The van der Waals surface area contributed by atoms with Crippen LogP contribution in [0, 0.1) is 13.8 Å². The van der Waals surface area contributed by atoms with E-state index in [-0.39, 0.29) is 0 Å². The molecule has 0 fully saturated rings. The van der Waals surface area contributed by atoms with E-state index in [1.165, 1.54) is 5.56 Å². The molecule has 128 valence electrons. The van der Waals surface area contributed by atoms with Crippen molar-refractivity contribution in [1.29, 1.82) is 0 Å². The molecule has 0 saturated carbocycles. The molecule has 0 aliphatic rings. The van der Waals surface area contributed by atoms with E-state index in [1.807, 2.05) is 19.2 Å². The summed E-state index contributed by atoms with van der Waals surface area (Å²) in [4.78, 5) is 8.86. The first-order valence-electron chi connectivity index (χ1n) is 8.48. The molecule has 0 radical (unpaired) electrons. The topological polar surface area (TPSA) is 69.9 Å². The molecule has 0 atom stereocenters. The lowest BCUT2D eigenvalue weighted by atomic mass is 10.1. The van der Waals surface area contributed by atoms with Crippen LogP contribution in [0.3, 0.4) is 0 Å². The zero-order valence-corrected chi connectivity index (χ0v) is 14.6. The van der Waals surface area contributed by atoms with Gasteiger partial charge in [0.15, 0.2) is 17.4 Å². The van der Waals surface area contributed by atoms with Crippen molar-refractivity contribution in [2.45, 2.75) is 40.2 Å². The molecule has 0 aliphatic heterocycles. The fraction of sp³-hybridized carbons (Fsp3) is 0.316. The normalized spacial score (nSPS) is 11.5.